The second kappa shape index (κ2) is 5.67. The van der Waals surface area contributed by atoms with E-state index < -0.39 is 0 Å². The molecule has 0 aliphatic carbocycles. The summed E-state index contributed by atoms with van der Waals surface area (Å²) in [6.07, 6.45) is 3.84. The molecule has 0 unspecified atom stereocenters. The Hall–Kier alpha value is -0.840. The molecule has 17 heavy (non-hydrogen) atoms. The van der Waals surface area contributed by atoms with E-state index in [0.717, 1.165) is 51.4 Å². The van der Waals surface area contributed by atoms with E-state index in [1.807, 2.05) is 12.1 Å². The molecule has 0 saturated carbocycles. The molecule has 96 valence electrons. The van der Waals surface area contributed by atoms with Crippen LogP contribution in [0.15, 0.2) is 22.8 Å². The lowest BCUT2D eigenvalue weighted by molar-refractivity contribution is 0.00195. The standard InChI is InChI=1S/C13H22N2O2/c1-15(9-12-3-2-6-17-12)11-13(10-14)4-7-16-8-5-13/h2-3,6H,4-5,7-11,14H2,1H3. The molecule has 1 fully saturated rings. The number of ether oxygens (including phenoxy) is 1. The van der Waals surface area contributed by atoms with Crippen molar-refractivity contribution in [2.45, 2.75) is 19.4 Å². The maximum Gasteiger partial charge on any atom is 0.117 e. The van der Waals surface area contributed by atoms with Crippen molar-refractivity contribution in [2.75, 3.05) is 33.4 Å². The Morgan fingerprint density at radius 3 is 2.76 bits per heavy atom. The van der Waals surface area contributed by atoms with Gasteiger partial charge in [0.1, 0.15) is 5.76 Å². The first-order chi connectivity index (χ1) is 8.24. The first-order valence-corrected chi connectivity index (χ1v) is 6.23. The highest BCUT2D eigenvalue weighted by atomic mass is 16.5. The van der Waals surface area contributed by atoms with Crippen LogP contribution < -0.4 is 5.73 Å². The molecule has 1 aromatic rings. The Balaban J connectivity index is 1.89. The highest BCUT2D eigenvalue weighted by Crippen LogP contribution is 2.30. The summed E-state index contributed by atoms with van der Waals surface area (Å²) in [5.74, 6) is 1.01. The molecule has 0 amide bonds. The summed E-state index contributed by atoms with van der Waals surface area (Å²) >= 11 is 0. The molecule has 0 aromatic carbocycles. The zero-order chi connectivity index (χ0) is 12.1. The lowest BCUT2D eigenvalue weighted by Gasteiger charge is -2.39. The molecule has 4 nitrogen and oxygen atoms in total. The van der Waals surface area contributed by atoms with Gasteiger partial charge >= 0.3 is 0 Å². The average Bonchev–Trinajstić information content (AvgIpc) is 2.83. The van der Waals surface area contributed by atoms with Gasteiger partial charge in [-0.05, 0) is 44.0 Å². The van der Waals surface area contributed by atoms with E-state index in [0.29, 0.717) is 0 Å². The lowest BCUT2D eigenvalue weighted by atomic mass is 9.80. The van der Waals surface area contributed by atoms with Crippen LogP contribution in [-0.2, 0) is 11.3 Å². The third kappa shape index (κ3) is 3.31. The number of hydrogen-bond acceptors (Lipinski definition) is 4. The van der Waals surface area contributed by atoms with Gasteiger partial charge in [0.25, 0.3) is 0 Å². The van der Waals surface area contributed by atoms with Gasteiger partial charge < -0.3 is 14.9 Å². The Morgan fingerprint density at radius 1 is 1.41 bits per heavy atom. The predicted octanol–water partition coefficient (Wildman–Crippen LogP) is 1.47. The van der Waals surface area contributed by atoms with Gasteiger partial charge in [-0.1, -0.05) is 0 Å². The van der Waals surface area contributed by atoms with Crippen molar-refractivity contribution in [2.24, 2.45) is 11.1 Å². The highest BCUT2D eigenvalue weighted by Gasteiger charge is 2.32. The van der Waals surface area contributed by atoms with Crippen LogP contribution in [0.2, 0.25) is 0 Å². The summed E-state index contributed by atoms with van der Waals surface area (Å²) in [7, 11) is 2.12. The quantitative estimate of drug-likeness (QED) is 0.844. The first kappa shape index (κ1) is 12.6. The third-order valence-corrected chi connectivity index (χ3v) is 3.60. The molecule has 0 bridgehead atoms. The number of rotatable bonds is 5. The van der Waals surface area contributed by atoms with Crippen LogP contribution in [0.4, 0.5) is 0 Å². The molecule has 2 N–H and O–H groups in total. The molecular formula is C13H22N2O2. The van der Waals surface area contributed by atoms with Crippen LogP contribution in [-0.4, -0.2) is 38.3 Å². The summed E-state index contributed by atoms with van der Waals surface area (Å²) in [5, 5.41) is 0. The van der Waals surface area contributed by atoms with E-state index in [2.05, 4.69) is 11.9 Å². The van der Waals surface area contributed by atoms with Crippen molar-refractivity contribution in [3.8, 4) is 0 Å². The van der Waals surface area contributed by atoms with E-state index in [1.165, 1.54) is 0 Å². The lowest BCUT2D eigenvalue weighted by Crippen LogP contribution is -2.44. The second-order valence-corrected chi connectivity index (χ2v) is 5.07. The molecule has 1 aromatic heterocycles. The van der Waals surface area contributed by atoms with Gasteiger partial charge in [-0.25, -0.2) is 0 Å². The van der Waals surface area contributed by atoms with E-state index >= 15 is 0 Å². The minimum Gasteiger partial charge on any atom is -0.468 e. The van der Waals surface area contributed by atoms with Crippen molar-refractivity contribution in [1.29, 1.82) is 0 Å². The molecule has 2 heterocycles. The van der Waals surface area contributed by atoms with E-state index in [4.69, 9.17) is 14.9 Å². The zero-order valence-electron chi connectivity index (χ0n) is 10.5. The van der Waals surface area contributed by atoms with Crippen molar-refractivity contribution >= 4 is 0 Å². The molecule has 1 aliphatic rings. The maximum absolute atomic E-state index is 5.95. The molecule has 2 rings (SSSR count). The summed E-state index contributed by atoms with van der Waals surface area (Å²) < 4.78 is 10.8. The normalized spacial score (nSPS) is 19.7. The number of furan rings is 1. The van der Waals surface area contributed by atoms with E-state index in [1.54, 1.807) is 6.26 Å². The predicted molar refractivity (Wildman–Crippen MR) is 66.6 cm³/mol. The SMILES string of the molecule is CN(Cc1ccco1)CC1(CN)CCOCC1. The minimum absolute atomic E-state index is 0.222. The summed E-state index contributed by atoms with van der Waals surface area (Å²) in [5.41, 5.74) is 6.18. The summed E-state index contributed by atoms with van der Waals surface area (Å²) in [6.45, 7) is 4.26. The Bertz CT molecular complexity index is 318. The van der Waals surface area contributed by atoms with Gasteiger partial charge in [0.2, 0.25) is 0 Å². The Kier molecular flexibility index (Phi) is 4.20. The topological polar surface area (TPSA) is 51.6 Å². The van der Waals surface area contributed by atoms with Crippen LogP contribution in [0.3, 0.4) is 0 Å². The van der Waals surface area contributed by atoms with Crippen LogP contribution >= 0.6 is 0 Å². The third-order valence-electron chi connectivity index (χ3n) is 3.60. The average molecular weight is 238 g/mol. The van der Waals surface area contributed by atoms with Crippen LogP contribution in [0.25, 0.3) is 0 Å². The van der Waals surface area contributed by atoms with Gasteiger partial charge in [0.05, 0.1) is 12.8 Å². The molecule has 4 heteroatoms. The Morgan fingerprint density at radius 2 is 2.18 bits per heavy atom. The van der Waals surface area contributed by atoms with Gasteiger partial charge in [-0.3, -0.25) is 4.90 Å². The molecule has 1 aliphatic heterocycles. The number of nitrogens with two attached hydrogens (primary N) is 1. The van der Waals surface area contributed by atoms with Gasteiger partial charge in [0, 0.05) is 19.8 Å². The van der Waals surface area contributed by atoms with Crippen molar-refractivity contribution in [3.05, 3.63) is 24.2 Å². The smallest absolute Gasteiger partial charge is 0.117 e. The molecular weight excluding hydrogens is 216 g/mol. The number of nitrogens with zero attached hydrogens (tertiary/aromatic N) is 1. The van der Waals surface area contributed by atoms with Gasteiger partial charge in [-0.15, -0.1) is 0 Å². The number of hydrogen-bond donors (Lipinski definition) is 1. The van der Waals surface area contributed by atoms with Crippen LogP contribution in [0.5, 0.6) is 0 Å². The fraction of sp³-hybridized carbons (Fsp3) is 0.692. The van der Waals surface area contributed by atoms with Crippen molar-refractivity contribution in [1.82, 2.24) is 4.90 Å². The van der Waals surface area contributed by atoms with Crippen molar-refractivity contribution < 1.29 is 9.15 Å². The molecule has 0 radical (unpaired) electrons. The molecule has 0 spiro atoms. The van der Waals surface area contributed by atoms with E-state index in [-0.39, 0.29) is 5.41 Å². The Labute approximate surface area is 103 Å². The van der Waals surface area contributed by atoms with Gasteiger partial charge in [0.15, 0.2) is 0 Å². The first-order valence-electron chi connectivity index (χ1n) is 6.23. The summed E-state index contributed by atoms with van der Waals surface area (Å²) in [4.78, 5) is 2.29. The fourth-order valence-corrected chi connectivity index (χ4v) is 2.53. The maximum atomic E-state index is 5.95. The van der Waals surface area contributed by atoms with E-state index in [9.17, 15) is 0 Å². The molecule has 1 saturated heterocycles. The van der Waals surface area contributed by atoms with Gasteiger partial charge in [-0.2, -0.15) is 0 Å². The monoisotopic (exact) mass is 238 g/mol. The highest BCUT2D eigenvalue weighted by molar-refractivity contribution is 4.98. The van der Waals surface area contributed by atoms with Crippen LogP contribution in [0.1, 0.15) is 18.6 Å². The zero-order valence-corrected chi connectivity index (χ0v) is 10.5. The summed E-state index contributed by atoms with van der Waals surface area (Å²) in [6, 6.07) is 3.94. The largest absolute Gasteiger partial charge is 0.468 e. The molecule has 0 atom stereocenters. The minimum atomic E-state index is 0.222. The van der Waals surface area contributed by atoms with Crippen molar-refractivity contribution in [3.63, 3.8) is 0 Å². The fourth-order valence-electron chi connectivity index (χ4n) is 2.53. The van der Waals surface area contributed by atoms with Crippen LogP contribution in [0, 0.1) is 5.41 Å². The second-order valence-electron chi connectivity index (χ2n) is 5.07.